The second-order valence-corrected chi connectivity index (χ2v) is 10.7. The molecule has 2 heterocycles. The van der Waals surface area contributed by atoms with Gasteiger partial charge in [-0.15, -0.1) is 0 Å². The van der Waals surface area contributed by atoms with Crippen LogP contribution in [0.5, 0.6) is 0 Å². The van der Waals surface area contributed by atoms with Crippen molar-refractivity contribution in [2.45, 2.75) is 51.4 Å². The molecule has 4 aromatic carbocycles. The van der Waals surface area contributed by atoms with E-state index in [1.54, 1.807) is 0 Å². The van der Waals surface area contributed by atoms with E-state index in [0.717, 1.165) is 35.2 Å². The summed E-state index contributed by atoms with van der Waals surface area (Å²) in [5, 5.41) is 12.3. The van der Waals surface area contributed by atoms with Crippen LogP contribution in [0.3, 0.4) is 0 Å². The lowest BCUT2D eigenvalue weighted by atomic mass is 10.1. The van der Waals surface area contributed by atoms with Crippen LogP contribution in [0.4, 0.5) is 11.4 Å². The molecule has 2 N–H and O–H groups in total. The Morgan fingerprint density at radius 1 is 0.350 bits per heavy atom. The van der Waals surface area contributed by atoms with Crippen LogP contribution in [0, 0.1) is 0 Å². The summed E-state index contributed by atoms with van der Waals surface area (Å²) in [6.45, 7) is 2.00. The molecule has 0 amide bonds. The lowest BCUT2D eigenvalue weighted by molar-refractivity contribution is 0.577. The number of nitrogens with one attached hydrogen (secondary N) is 2. The predicted octanol–water partition coefficient (Wildman–Crippen LogP) is 9.73. The molecule has 0 saturated heterocycles. The maximum atomic E-state index is 4.84. The Labute approximate surface area is 236 Å². The van der Waals surface area contributed by atoms with Gasteiger partial charge in [0.25, 0.3) is 0 Å². The minimum Gasteiger partial charge on any atom is -0.384 e. The van der Waals surface area contributed by atoms with Crippen molar-refractivity contribution in [1.82, 2.24) is 9.97 Å². The largest absolute Gasteiger partial charge is 0.384 e. The SMILES string of the molecule is c1ccc2c(NCCCCCCCCCCNc3c4ccccc4nc4ccccc34)c3ccccc3nc2c1. The predicted molar refractivity (Wildman–Crippen MR) is 172 cm³/mol. The summed E-state index contributed by atoms with van der Waals surface area (Å²) in [5.41, 5.74) is 6.68. The van der Waals surface area contributed by atoms with E-state index >= 15 is 0 Å². The Balaban J connectivity index is 0.899. The number of fused-ring (bicyclic) bond motifs is 4. The van der Waals surface area contributed by atoms with Gasteiger partial charge < -0.3 is 10.6 Å². The average Bonchev–Trinajstić information content (AvgIpc) is 3.00. The van der Waals surface area contributed by atoms with Crippen molar-refractivity contribution in [2.75, 3.05) is 23.7 Å². The lowest BCUT2D eigenvalue weighted by Crippen LogP contribution is -2.04. The molecule has 202 valence electrons. The van der Waals surface area contributed by atoms with Crippen molar-refractivity contribution in [3.05, 3.63) is 97.1 Å². The summed E-state index contributed by atoms with van der Waals surface area (Å²) >= 11 is 0. The molecule has 0 aliphatic carbocycles. The van der Waals surface area contributed by atoms with Crippen molar-refractivity contribution in [3.8, 4) is 0 Å². The normalized spacial score (nSPS) is 11.5. The summed E-state index contributed by atoms with van der Waals surface area (Å²) in [7, 11) is 0. The number of rotatable bonds is 13. The molecular weight excluding hydrogens is 488 g/mol. The first-order valence-corrected chi connectivity index (χ1v) is 14.9. The van der Waals surface area contributed by atoms with Gasteiger partial charge in [-0.1, -0.05) is 111 Å². The molecule has 0 unspecified atom stereocenters. The van der Waals surface area contributed by atoms with Crippen LogP contribution in [0.15, 0.2) is 97.1 Å². The monoisotopic (exact) mass is 526 g/mol. The molecule has 4 nitrogen and oxygen atoms in total. The summed E-state index contributed by atoms with van der Waals surface area (Å²) in [5.74, 6) is 0. The minimum absolute atomic E-state index is 1.00. The van der Waals surface area contributed by atoms with Gasteiger partial charge in [0.1, 0.15) is 0 Å². The first-order valence-electron chi connectivity index (χ1n) is 14.9. The Morgan fingerprint density at radius 2 is 0.625 bits per heavy atom. The summed E-state index contributed by atoms with van der Waals surface area (Å²) in [6.07, 6.45) is 10.2. The molecule has 4 heteroatoms. The molecule has 0 bridgehead atoms. The van der Waals surface area contributed by atoms with Gasteiger partial charge in [-0.25, -0.2) is 9.97 Å². The molecule has 6 rings (SSSR count). The molecular formula is C36H38N4. The number of para-hydroxylation sites is 4. The topological polar surface area (TPSA) is 49.8 Å². The number of aromatic nitrogens is 2. The van der Waals surface area contributed by atoms with E-state index in [1.807, 2.05) is 0 Å². The van der Waals surface area contributed by atoms with Gasteiger partial charge in [-0.05, 0) is 37.1 Å². The van der Waals surface area contributed by atoms with Gasteiger partial charge in [0.05, 0.1) is 33.4 Å². The lowest BCUT2D eigenvalue weighted by Gasteiger charge is -2.13. The smallest absolute Gasteiger partial charge is 0.0730 e. The zero-order chi connectivity index (χ0) is 27.0. The highest BCUT2D eigenvalue weighted by Gasteiger charge is 2.09. The van der Waals surface area contributed by atoms with Crippen molar-refractivity contribution in [1.29, 1.82) is 0 Å². The Hall–Kier alpha value is -4.18. The van der Waals surface area contributed by atoms with E-state index < -0.39 is 0 Å². The summed E-state index contributed by atoms with van der Waals surface area (Å²) in [6, 6.07) is 33.8. The van der Waals surface area contributed by atoms with Crippen molar-refractivity contribution >= 4 is 55.0 Å². The van der Waals surface area contributed by atoms with E-state index in [4.69, 9.17) is 9.97 Å². The Morgan fingerprint density at radius 3 is 0.950 bits per heavy atom. The first-order chi connectivity index (χ1) is 19.9. The Kier molecular flexibility index (Phi) is 8.33. The number of nitrogens with zero attached hydrogens (tertiary/aromatic N) is 2. The number of hydrogen-bond acceptors (Lipinski definition) is 4. The van der Waals surface area contributed by atoms with Gasteiger partial charge in [0.2, 0.25) is 0 Å². The van der Waals surface area contributed by atoms with Crippen LogP contribution in [-0.2, 0) is 0 Å². The fourth-order valence-corrected chi connectivity index (χ4v) is 5.80. The number of unbranched alkanes of at least 4 members (excludes halogenated alkanes) is 7. The second-order valence-electron chi connectivity index (χ2n) is 10.7. The van der Waals surface area contributed by atoms with Crippen LogP contribution in [0.25, 0.3) is 43.6 Å². The molecule has 0 aliphatic heterocycles. The quantitative estimate of drug-likeness (QED) is 0.116. The standard InChI is InChI=1S/C36H38N4/c1(3-5-15-25-37-35-27-17-7-11-21-31(27)39-32-22-12-8-18-28(32)35)2-4-6-16-26-38-36-29-19-9-13-23-33(29)40-34-24-14-10-20-30(34)36/h7-14,17-24H,1-6,15-16,25-26H2,(H,37,39)(H,38,40). The molecule has 0 atom stereocenters. The van der Waals surface area contributed by atoms with Crippen molar-refractivity contribution in [2.24, 2.45) is 0 Å². The van der Waals surface area contributed by atoms with Gasteiger partial charge >= 0.3 is 0 Å². The van der Waals surface area contributed by atoms with Gasteiger partial charge in [-0.3, -0.25) is 0 Å². The summed E-state index contributed by atoms with van der Waals surface area (Å²) in [4.78, 5) is 9.67. The third kappa shape index (κ3) is 5.86. The molecule has 0 radical (unpaired) electrons. The molecule has 0 fully saturated rings. The zero-order valence-corrected chi connectivity index (χ0v) is 23.2. The Bertz CT molecular complexity index is 1490. The number of hydrogen-bond donors (Lipinski definition) is 2. The highest BCUT2D eigenvalue weighted by Crippen LogP contribution is 2.32. The maximum absolute atomic E-state index is 4.84. The number of benzene rings is 4. The molecule has 0 spiro atoms. The number of pyridine rings is 2. The van der Waals surface area contributed by atoms with Crippen LogP contribution in [-0.4, -0.2) is 23.1 Å². The van der Waals surface area contributed by atoms with Gasteiger partial charge in [0, 0.05) is 34.6 Å². The van der Waals surface area contributed by atoms with E-state index in [9.17, 15) is 0 Å². The highest BCUT2D eigenvalue weighted by atomic mass is 14.9. The van der Waals surface area contributed by atoms with Crippen LogP contribution in [0.2, 0.25) is 0 Å². The van der Waals surface area contributed by atoms with Crippen molar-refractivity contribution in [3.63, 3.8) is 0 Å². The maximum Gasteiger partial charge on any atom is 0.0730 e. The fraction of sp³-hybridized carbons (Fsp3) is 0.278. The van der Waals surface area contributed by atoms with Crippen LogP contribution in [0.1, 0.15) is 51.4 Å². The van der Waals surface area contributed by atoms with Crippen LogP contribution < -0.4 is 10.6 Å². The van der Waals surface area contributed by atoms with E-state index in [1.165, 1.54) is 84.3 Å². The molecule has 2 aromatic heterocycles. The third-order valence-electron chi connectivity index (χ3n) is 7.88. The summed E-state index contributed by atoms with van der Waals surface area (Å²) < 4.78 is 0. The van der Waals surface area contributed by atoms with E-state index in [2.05, 4.69) is 108 Å². The van der Waals surface area contributed by atoms with E-state index in [0.29, 0.717) is 0 Å². The highest BCUT2D eigenvalue weighted by molar-refractivity contribution is 6.08. The van der Waals surface area contributed by atoms with Gasteiger partial charge in [-0.2, -0.15) is 0 Å². The number of anilines is 2. The molecule has 40 heavy (non-hydrogen) atoms. The van der Waals surface area contributed by atoms with E-state index in [-0.39, 0.29) is 0 Å². The second kappa shape index (κ2) is 12.8. The minimum atomic E-state index is 1.00. The van der Waals surface area contributed by atoms with Crippen molar-refractivity contribution < 1.29 is 0 Å². The molecule has 6 aromatic rings. The fourth-order valence-electron chi connectivity index (χ4n) is 5.80. The third-order valence-corrected chi connectivity index (χ3v) is 7.88. The molecule has 0 aliphatic rings. The zero-order valence-electron chi connectivity index (χ0n) is 23.2. The van der Waals surface area contributed by atoms with Gasteiger partial charge in [0.15, 0.2) is 0 Å². The average molecular weight is 527 g/mol. The van der Waals surface area contributed by atoms with Crippen LogP contribution >= 0.6 is 0 Å². The first kappa shape index (κ1) is 26.1. The molecule has 0 saturated carbocycles.